The number of aromatic amines is 1. The molecule has 0 radical (unpaired) electrons. The summed E-state index contributed by atoms with van der Waals surface area (Å²) in [4.78, 5) is 41.6. The van der Waals surface area contributed by atoms with Crippen molar-refractivity contribution in [2.75, 3.05) is 6.61 Å². The van der Waals surface area contributed by atoms with Crippen LogP contribution in [0.2, 0.25) is 5.02 Å². The molecule has 1 aliphatic rings. The summed E-state index contributed by atoms with van der Waals surface area (Å²) >= 11 is 5.94. The van der Waals surface area contributed by atoms with Crippen LogP contribution in [-0.4, -0.2) is 51.0 Å². The normalized spacial score (nSPS) is 23.5. The van der Waals surface area contributed by atoms with Gasteiger partial charge in [0, 0.05) is 22.2 Å². The molecule has 0 amide bonds. The van der Waals surface area contributed by atoms with Crippen molar-refractivity contribution in [2.45, 2.75) is 50.5 Å². The fourth-order valence-corrected chi connectivity index (χ4v) is 5.86. The Bertz CT molecular complexity index is 1650. The van der Waals surface area contributed by atoms with Crippen LogP contribution < -0.4 is 20.9 Å². The minimum absolute atomic E-state index is 0.0273. The van der Waals surface area contributed by atoms with Crippen molar-refractivity contribution in [1.29, 1.82) is 0 Å². The first kappa shape index (κ1) is 32.0. The number of carbonyl (C=O) groups excluding carboxylic acids is 1. The highest BCUT2D eigenvalue weighted by molar-refractivity contribution is 7.52. The molecule has 2 aromatic carbocycles. The van der Waals surface area contributed by atoms with Gasteiger partial charge in [-0.15, -0.1) is 0 Å². The Hall–Kier alpha value is -3.94. The smallest absolute Gasteiger partial charge is 0.459 e. The van der Waals surface area contributed by atoms with Crippen LogP contribution in [0.15, 0.2) is 81.6 Å². The van der Waals surface area contributed by atoms with Crippen molar-refractivity contribution in [3.63, 3.8) is 0 Å². The van der Waals surface area contributed by atoms with Crippen molar-refractivity contribution in [3.8, 4) is 5.75 Å². The van der Waals surface area contributed by atoms with Gasteiger partial charge >= 0.3 is 19.4 Å². The molecule has 15 nitrogen and oxygen atoms in total. The van der Waals surface area contributed by atoms with Crippen molar-refractivity contribution in [3.05, 3.63) is 109 Å². The Labute approximate surface area is 249 Å². The lowest BCUT2D eigenvalue weighted by Crippen LogP contribution is -2.45. The topological polar surface area (TPSA) is 207 Å². The molecule has 1 fully saturated rings. The number of carbonyl (C=O) groups is 1. The molecule has 0 aliphatic carbocycles. The molecule has 4 rings (SSSR count). The molecular formula is C26H28ClN6O9P. The van der Waals surface area contributed by atoms with Gasteiger partial charge in [0.2, 0.25) is 0 Å². The van der Waals surface area contributed by atoms with Crippen LogP contribution in [0.3, 0.4) is 0 Å². The van der Waals surface area contributed by atoms with E-state index in [1.807, 2.05) is 6.07 Å². The number of benzene rings is 2. The molecule has 43 heavy (non-hydrogen) atoms. The molecule has 0 saturated carbocycles. The second-order valence-electron chi connectivity index (χ2n) is 9.69. The number of aromatic nitrogens is 2. The van der Waals surface area contributed by atoms with Crippen LogP contribution in [0.5, 0.6) is 5.75 Å². The van der Waals surface area contributed by atoms with Crippen molar-refractivity contribution in [2.24, 2.45) is 5.11 Å². The van der Waals surface area contributed by atoms with Crippen LogP contribution in [0.1, 0.15) is 25.6 Å². The summed E-state index contributed by atoms with van der Waals surface area (Å²) in [5.74, 6) is -0.674. The molecular weight excluding hydrogens is 607 g/mol. The summed E-state index contributed by atoms with van der Waals surface area (Å²) < 4.78 is 37.3. The maximum absolute atomic E-state index is 13.9. The van der Waals surface area contributed by atoms with Gasteiger partial charge in [-0.2, -0.15) is 5.09 Å². The first-order valence-corrected chi connectivity index (χ1v) is 14.8. The summed E-state index contributed by atoms with van der Waals surface area (Å²) in [6, 6.07) is 14.6. The Morgan fingerprint density at radius 1 is 1.26 bits per heavy atom. The van der Waals surface area contributed by atoms with E-state index in [9.17, 15) is 29.6 Å². The van der Waals surface area contributed by atoms with E-state index in [-0.39, 0.29) is 12.4 Å². The third-order valence-corrected chi connectivity index (χ3v) is 8.39. The molecule has 228 valence electrons. The molecule has 3 N–H and O–H groups in total. The Morgan fingerprint density at radius 2 is 1.95 bits per heavy atom. The maximum atomic E-state index is 13.9. The number of aliphatic hydroxyl groups is 1. The Kier molecular flexibility index (Phi) is 10.1. The van der Waals surface area contributed by atoms with Gasteiger partial charge in [-0.25, -0.2) is 9.36 Å². The number of aliphatic hydroxyl groups excluding tert-OH is 1. The van der Waals surface area contributed by atoms with Crippen LogP contribution in [0.25, 0.3) is 10.4 Å². The number of esters is 1. The second-order valence-corrected chi connectivity index (χ2v) is 11.8. The van der Waals surface area contributed by atoms with Crippen LogP contribution >= 0.6 is 19.3 Å². The first-order chi connectivity index (χ1) is 20.4. The highest BCUT2D eigenvalue weighted by Gasteiger charge is 2.55. The lowest BCUT2D eigenvalue weighted by atomic mass is 9.93. The molecule has 2 heterocycles. The monoisotopic (exact) mass is 634 g/mol. The van der Waals surface area contributed by atoms with Gasteiger partial charge in [-0.3, -0.25) is 23.7 Å². The van der Waals surface area contributed by atoms with Gasteiger partial charge in [0.25, 0.3) is 5.56 Å². The molecule has 1 unspecified atom stereocenters. The molecule has 1 aliphatic heterocycles. The zero-order valence-electron chi connectivity index (χ0n) is 22.9. The Morgan fingerprint density at radius 3 is 2.60 bits per heavy atom. The van der Waals surface area contributed by atoms with E-state index >= 15 is 0 Å². The van der Waals surface area contributed by atoms with E-state index in [4.69, 9.17) is 30.1 Å². The predicted molar refractivity (Wildman–Crippen MR) is 153 cm³/mol. The number of halogens is 1. The van der Waals surface area contributed by atoms with Gasteiger partial charge in [0.1, 0.15) is 30.0 Å². The fraction of sp³-hybridized carbons (Fsp3) is 0.346. The average Bonchev–Trinajstić information content (AvgIpc) is 3.21. The van der Waals surface area contributed by atoms with Gasteiger partial charge in [-0.1, -0.05) is 47.0 Å². The zero-order chi connectivity index (χ0) is 31.2. The van der Waals surface area contributed by atoms with E-state index in [1.165, 1.54) is 38.1 Å². The minimum Gasteiger partial charge on any atom is -0.460 e. The predicted octanol–water partition coefficient (Wildman–Crippen LogP) is 3.44. The highest BCUT2D eigenvalue weighted by atomic mass is 35.5. The SMILES string of the molecule is C[C@H](NP(=O)(OC[C@H]1O[C@@H](n2ccc(=O)[nH]c2=O)[C@](C)(N=[N+]=[N-])[C@@H]1O)Oc1ccc(Cl)cc1)C(=O)OCc1ccccc1. The average molecular weight is 635 g/mol. The van der Waals surface area contributed by atoms with Crippen LogP contribution in [0.4, 0.5) is 0 Å². The number of azide groups is 1. The van der Waals surface area contributed by atoms with Gasteiger partial charge in [-0.05, 0) is 49.2 Å². The number of hydrogen-bond acceptors (Lipinski definition) is 10. The van der Waals surface area contributed by atoms with Gasteiger partial charge in [0.15, 0.2) is 6.23 Å². The summed E-state index contributed by atoms with van der Waals surface area (Å²) in [6.45, 7) is 2.09. The first-order valence-electron chi connectivity index (χ1n) is 12.8. The summed E-state index contributed by atoms with van der Waals surface area (Å²) in [5.41, 5.74) is 6.60. The number of H-pyrrole nitrogens is 1. The third-order valence-electron chi connectivity index (χ3n) is 6.50. The molecule has 3 aromatic rings. The number of nitrogens with zero attached hydrogens (tertiary/aromatic N) is 4. The maximum Gasteiger partial charge on any atom is 0.459 e. The lowest BCUT2D eigenvalue weighted by molar-refractivity contribution is -0.146. The third kappa shape index (κ3) is 7.72. The van der Waals surface area contributed by atoms with E-state index in [0.717, 1.165) is 22.4 Å². The lowest BCUT2D eigenvalue weighted by Gasteiger charge is -2.28. The zero-order valence-corrected chi connectivity index (χ0v) is 24.6. The molecule has 0 bridgehead atoms. The summed E-state index contributed by atoms with van der Waals surface area (Å²) in [7, 11) is -4.41. The Balaban J connectivity index is 1.54. The van der Waals surface area contributed by atoms with Gasteiger partial charge in [0.05, 0.1) is 12.7 Å². The van der Waals surface area contributed by atoms with E-state index in [1.54, 1.807) is 24.3 Å². The molecule has 1 saturated heterocycles. The number of nitrogens with one attached hydrogen (secondary N) is 2. The van der Waals surface area contributed by atoms with Crippen molar-refractivity contribution < 1.29 is 33.0 Å². The van der Waals surface area contributed by atoms with Crippen molar-refractivity contribution >= 4 is 25.3 Å². The molecule has 6 atom stereocenters. The fourth-order valence-electron chi connectivity index (χ4n) is 4.23. The summed E-state index contributed by atoms with van der Waals surface area (Å²) in [5, 5.41) is 17.7. The number of ether oxygens (including phenoxy) is 2. The molecule has 17 heteroatoms. The van der Waals surface area contributed by atoms with E-state index in [2.05, 4.69) is 20.1 Å². The molecule has 0 spiro atoms. The van der Waals surface area contributed by atoms with E-state index in [0.29, 0.717) is 5.02 Å². The van der Waals surface area contributed by atoms with Crippen LogP contribution in [0, 0.1) is 0 Å². The number of hydrogen-bond donors (Lipinski definition) is 3. The quantitative estimate of drug-likeness (QED) is 0.0869. The minimum atomic E-state index is -4.41. The molecule has 1 aromatic heterocycles. The summed E-state index contributed by atoms with van der Waals surface area (Å²) in [6.07, 6.45) is -3.16. The highest BCUT2D eigenvalue weighted by Crippen LogP contribution is 2.47. The second kappa shape index (κ2) is 13.6. The van der Waals surface area contributed by atoms with E-state index < -0.39 is 61.6 Å². The largest absolute Gasteiger partial charge is 0.460 e. The van der Waals surface area contributed by atoms with Crippen molar-refractivity contribution in [1.82, 2.24) is 14.6 Å². The standard InChI is InChI=1S/C26H28ClN6O9P/c1-16(23(36)39-14-17-6-4-3-5-7-17)30-43(38,42-19-10-8-18(27)9-11-19)40-15-20-22(35)26(2,31-32-28)24(41-20)33-13-12-21(34)29-25(33)37/h3-13,16,20,22,24,35H,14-15H2,1-2H3,(H,30,38)(H,29,34,37)/t16-,20+,22+,24+,26+,43?/m0/s1. The van der Waals surface area contributed by atoms with Gasteiger partial charge < -0.3 is 19.1 Å². The van der Waals surface area contributed by atoms with Crippen LogP contribution in [-0.2, 0) is 30.0 Å². The number of rotatable bonds is 12.